The van der Waals surface area contributed by atoms with Crippen molar-refractivity contribution in [2.45, 2.75) is 229 Å². The molecular weight excluding hydrogens is 1600 g/mol. The van der Waals surface area contributed by atoms with Crippen LogP contribution in [0.5, 0.6) is 0 Å². The number of nitrogens with zero attached hydrogens (tertiary/aromatic N) is 4. The van der Waals surface area contributed by atoms with Gasteiger partial charge < -0.3 is 111 Å². The summed E-state index contributed by atoms with van der Waals surface area (Å²) in [6.07, 6.45) is 5.61. The maximum atomic E-state index is 15.6. The van der Waals surface area contributed by atoms with E-state index >= 15 is 24.0 Å². The highest BCUT2D eigenvalue weighted by molar-refractivity contribution is 7.99. The van der Waals surface area contributed by atoms with E-state index in [4.69, 9.17) is 22.6 Å². The quantitative estimate of drug-likeness (QED) is 0.0223. The van der Waals surface area contributed by atoms with Crippen LogP contribution < -0.4 is 81.0 Å². The molecule has 2 aromatic heterocycles. The maximum absolute atomic E-state index is 15.6. The first kappa shape index (κ1) is 96.6. The van der Waals surface area contributed by atoms with E-state index in [-0.39, 0.29) is 120 Å². The van der Waals surface area contributed by atoms with Gasteiger partial charge in [-0.1, -0.05) is 102 Å². The summed E-state index contributed by atoms with van der Waals surface area (Å²) in [6, 6.07) is 3.60. The molecule has 38 heteroatoms. The van der Waals surface area contributed by atoms with E-state index in [0.29, 0.717) is 54.5 Å². The molecule has 1 unspecified atom stereocenters. The van der Waals surface area contributed by atoms with Crippen molar-refractivity contribution in [3.8, 4) is 0 Å². The summed E-state index contributed by atoms with van der Waals surface area (Å²) < 4.78 is 0. The Labute approximate surface area is 720 Å². The molecule has 3 aromatic carbocycles. The van der Waals surface area contributed by atoms with Crippen molar-refractivity contribution < 1.29 is 71.9 Å². The first-order chi connectivity index (χ1) is 58.7. The molecular formula is C85H124N22O15S. The highest BCUT2D eigenvalue weighted by Crippen LogP contribution is 2.26. The molecule has 21 N–H and O–H groups in total. The van der Waals surface area contributed by atoms with Gasteiger partial charge >= 0.3 is 0 Å². The Hall–Kier alpha value is -11.8. The predicted molar refractivity (Wildman–Crippen MR) is 466 cm³/mol. The van der Waals surface area contributed by atoms with Crippen LogP contribution in [-0.2, 0) is 91.2 Å². The summed E-state index contributed by atoms with van der Waals surface area (Å²) in [5, 5.41) is 42.2. The Kier molecular flexibility index (Phi) is 36.9. The third-order valence-electron chi connectivity index (χ3n) is 22.5. The second kappa shape index (κ2) is 47.0. The second-order valence-corrected chi connectivity index (χ2v) is 33.4. The van der Waals surface area contributed by atoms with E-state index in [1.54, 1.807) is 42.7 Å². The van der Waals surface area contributed by atoms with Gasteiger partial charge in [-0.05, 0) is 119 Å². The van der Waals surface area contributed by atoms with Gasteiger partial charge in [0, 0.05) is 119 Å². The Morgan fingerprint density at radius 1 is 0.520 bits per heavy atom. The van der Waals surface area contributed by atoms with E-state index in [0.717, 1.165) is 38.5 Å². The summed E-state index contributed by atoms with van der Waals surface area (Å²) in [5.74, 6) is -11.9. The van der Waals surface area contributed by atoms with Gasteiger partial charge in [-0.3, -0.25) is 77.3 Å². The van der Waals surface area contributed by atoms with Gasteiger partial charge in [0.2, 0.25) is 88.6 Å². The van der Waals surface area contributed by atoms with Gasteiger partial charge in [-0.2, -0.15) is 11.8 Å². The zero-order valence-electron chi connectivity index (χ0n) is 71.7. The number of nitrogens with two attached hydrogens (primary N) is 3. The summed E-state index contributed by atoms with van der Waals surface area (Å²) in [6.45, 7) is 9.91. The first-order valence-corrected chi connectivity index (χ1v) is 43.5. The minimum absolute atomic E-state index is 0.0263. The summed E-state index contributed by atoms with van der Waals surface area (Å²) in [4.78, 5) is 231. The van der Waals surface area contributed by atoms with Gasteiger partial charge in [0.1, 0.15) is 78.5 Å². The molecule has 15 amide bonds. The lowest BCUT2D eigenvalue weighted by molar-refractivity contribution is -0.149. The number of hydrogen-bond acceptors (Lipinski definition) is 19. The van der Waals surface area contributed by atoms with Crippen molar-refractivity contribution >= 4 is 134 Å². The molecule has 3 fully saturated rings. The number of unbranched alkanes of at least 4 members (excludes halogenated alkanes) is 2. The lowest BCUT2D eigenvalue weighted by atomic mass is 10.00. The third kappa shape index (κ3) is 27.6. The van der Waals surface area contributed by atoms with E-state index in [1.807, 2.05) is 70.2 Å². The molecule has 3 aliphatic rings. The highest BCUT2D eigenvalue weighted by Gasteiger charge is 2.43. The number of nitrogen functional groups attached to an aromatic ring is 1. The first-order valence-electron chi connectivity index (χ1n) is 42.4. The average Bonchev–Trinajstić information content (AvgIpc) is 1.64. The molecule has 0 aliphatic carbocycles. The number of anilines is 1. The number of para-hydroxylation sites is 2. The van der Waals surface area contributed by atoms with Crippen molar-refractivity contribution in [2.75, 3.05) is 71.1 Å². The number of aromatic amines is 2. The number of nitrogens with one attached hydrogen (secondary N) is 15. The maximum Gasteiger partial charge on any atom is 0.245 e. The number of aromatic nitrogens is 2. The fourth-order valence-electron chi connectivity index (χ4n) is 15.3. The fraction of sp³-hybridized carbons (Fsp3) is 0.553. The Bertz CT molecular complexity index is 4560. The zero-order chi connectivity index (χ0) is 89.7. The van der Waals surface area contributed by atoms with Crippen LogP contribution in [0.25, 0.3) is 21.8 Å². The molecule has 5 heterocycles. The molecule has 0 saturated carbocycles. The highest BCUT2D eigenvalue weighted by atomic mass is 32.2. The largest absolute Gasteiger partial charge is 0.399 e. The van der Waals surface area contributed by atoms with Crippen LogP contribution in [0, 0.1) is 11.3 Å². The van der Waals surface area contributed by atoms with Crippen molar-refractivity contribution in [1.82, 2.24) is 93.4 Å². The number of benzene rings is 3. The van der Waals surface area contributed by atoms with Crippen molar-refractivity contribution in [3.05, 3.63) is 102 Å². The van der Waals surface area contributed by atoms with Crippen LogP contribution in [0.1, 0.15) is 148 Å². The van der Waals surface area contributed by atoms with Crippen LogP contribution in [0.3, 0.4) is 0 Å². The average molecular weight is 1730 g/mol. The van der Waals surface area contributed by atoms with Crippen molar-refractivity contribution in [3.63, 3.8) is 0 Å². The van der Waals surface area contributed by atoms with Gasteiger partial charge in [0.15, 0.2) is 5.96 Å². The smallest absolute Gasteiger partial charge is 0.245 e. The summed E-state index contributed by atoms with van der Waals surface area (Å²) in [7, 11) is 4.21. The van der Waals surface area contributed by atoms with Crippen molar-refractivity contribution in [2.24, 2.45) is 17.4 Å². The molecule has 2 bridgehead atoms. The van der Waals surface area contributed by atoms with Crippen LogP contribution in [0.4, 0.5) is 5.69 Å². The van der Waals surface area contributed by atoms with Crippen LogP contribution in [0.15, 0.2) is 85.2 Å². The number of guanidine groups is 1. The van der Waals surface area contributed by atoms with Gasteiger partial charge in [-0.25, -0.2) is 0 Å². The van der Waals surface area contributed by atoms with E-state index in [1.165, 1.54) is 49.7 Å². The minimum Gasteiger partial charge on any atom is -0.399 e. The number of hydrogen-bond donors (Lipinski definition) is 18. The molecule has 123 heavy (non-hydrogen) atoms. The van der Waals surface area contributed by atoms with Crippen molar-refractivity contribution in [1.29, 1.82) is 5.41 Å². The lowest BCUT2D eigenvalue weighted by Gasteiger charge is -2.36. The number of rotatable bonds is 19. The predicted octanol–water partition coefficient (Wildman–Crippen LogP) is -0.0541. The summed E-state index contributed by atoms with van der Waals surface area (Å²) in [5.41, 5.74) is 21.5. The third-order valence-corrected chi connectivity index (χ3v) is 23.5. The monoisotopic (exact) mass is 1720 g/mol. The van der Waals surface area contributed by atoms with Crippen LogP contribution in [-0.4, -0.2) is 268 Å². The minimum atomic E-state index is -1.63. The fourth-order valence-corrected chi connectivity index (χ4v) is 16.0. The molecule has 8 rings (SSSR count). The molecule has 0 radical (unpaired) electrons. The topological polar surface area (TPSA) is 547 Å². The number of amides is 15. The van der Waals surface area contributed by atoms with Gasteiger partial charge in [-0.15, -0.1) is 0 Å². The van der Waals surface area contributed by atoms with Gasteiger partial charge in [0.25, 0.3) is 0 Å². The second-order valence-electron chi connectivity index (χ2n) is 32.3. The molecule has 37 nitrogen and oxygen atoms in total. The number of carbonyl (C=O) groups excluding carboxylic acids is 15. The normalized spacial score (nSPS) is 25.1. The molecule has 5 aromatic rings. The molecule has 13 atom stereocenters. The SMILES string of the molecule is CCCC[C@H]1C(=O)N(C)[C@@H](CCCC)C(=O)N[C@@H](CCCNC(=N)N)C(=O)NCCSCC(=O)N[C@@H](Cc2ccc(N)cc2)C(=O)N(C)[C@@H](C)C(=O)N[C@H]2CC(=O)NCCCC(NC2=O)C(=O)N[C@@H](CN)C(=O)N[C@@H](CC(C)C)C(=O)N2CCC[C@H]2C(=O)N[C@@H](Cc2c[nH]c3ccccc23)C(=O)N[C@@H](C)C(=O)N[C@@H](Cc2c[nH]c3ccccc23)C(=O)N1C. The van der Waals surface area contributed by atoms with Gasteiger partial charge in [0.05, 0.1) is 12.2 Å². The van der Waals surface area contributed by atoms with E-state index in [9.17, 15) is 47.9 Å². The molecule has 0 spiro atoms. The zero-order valence-corrected chi connectivity index (χ0v) is 72.5. The number of likely N-dealkylation sites (N-methyl/N-ethyl adjacent to an activating group) is 3. The van der Waals surface area contributed by atoms with E-state index < -0.39 is 180 Å². The number of thioether (sulfide) groups is 1. The standard InChI is InChI=1S/C85H124N22O15S/c1-10-12-27-67-79(117)98-59(25-19-35-92-85(88)89)74(112)91-36-38-123-47-71(109)96-64(40-51-30-32-54(87)33-31-51)81(119)104(7)50(6)73(111)99-62-43-70(108)90-34-18-26-60(97-77(62)115)75(113)103-66(44-86)78(116)102-63(39-48(3)4)83(121)107-37-20-29-68(107)80(118)100-61(41-52-45-93-57-23-16-14-21-55(52)57)76(114)95-49(5)72(110)101-65(42-53-46-94-58-24-17-15-22-56(53)58)82(120)106(9)69(28-13-11-2)84(122)105(67)8/h14-17,21-24,30-33,45-46,48-50,59-69,93-94H,10-13,18-20,25-29,34-44,47,86-87H2,1-9H3,(H,90,108)(H,91,112)(H,95,114)(H,96,109)(H,97,115)(H,98,117)(H,99,111)(H,100,118)(H,101,110)(H,102,116)(H,103,113)(H4,88,89,92)/t49-,50-,59-,60?,61-,62-,63-,64-,65-,66-,67-,68-,69-/m0/s1. The number of carbonyl (C=O) groups is 15. The van der Waals surface area contributed by atoms with E-state index in [2.05, 4.69) is 73.8 Å². The van der Waals surface area contributed by atoms with Crippen LogP contribution >= 0.6 is 11.8 Å². The number of fused-ring (bicyclic) bond motifs is 6. The Balaban J connectivity index is 1.13. The molecule has 670 valence electrons. The Morgan fingerprint density at radius 2 is 1.08 bits per heavy atom. The van der Waals surface area contributed by atoms with Crippen LogP contribution in [0.2, 0.25) is 0 Å². The molecule has 3 saturated heterocycles. The molecule has 3 aliphatic heterocycles. The Morgan fingerprint density at radius 3 is 1.72 bits per heavy atom. The lowest BCUT2D eigenvalue weighted by Crippen LogP contribution is -2.62. The number of H-pyrrole nitrogens is 2. The summed E-state index contributed by atoms with van der Waals surface area (Å²) >= 11 is 1.10.